The lowest BCUT2D eigenvalue weighted by Crippen LogP contribution is -2.42. The van der Waals surface area contributed by atoms with Gasteiger partial charge < -0.3 is 0 Å². The molecule has 1 N–H and O–H groups in total. The first-order chi connectivity index (χ1) is 17.9. The molecule has 200 valence electrons. The van der Waals surface area contributed by atoms with Gasteiger partial charge in [0.25, 0.3) is 0 Å². The van der Waals surface area contributed by atoms with Crippen LogP contribution < -0.4 is 4.72 Å². The van der Waals surface area contributed by atoms with E-state index in [1.807, 2.05) is 32.0 Å². The van der Waals surface area contributed by atoms with Gasteiger partial charge in [-0.1, -0.05) is 13.0 Å². The average molecular weight is 544 g/mol. The number of rotatable bonds is 9. The van der Waals surface area contributed by atoms with Crippen molar-refractivity contribution in [3.05, 3.63) is 83.2 Å². The third-order valence-corrected chi connectivity index (χ3v) is 7.71. The molecule has 0 saturated carbocycles. The van der Waals surface area contributed by atoms with Gasteiger partial charge in [0.1, 0.15) is 17.0 Å². The molecule has 0 aliphatic heterocycles. The molecule has 3 rings (SSSR count). The minimum absolute atomic E-state index is 0.0281. The molecule has 0 amide bonds. The van der Waals surface area contributed by atoms with Crippen LogP contribution in [0.2, 0.25) is 0 Å². The summed E-state index contributed by atoms with van der Waals surface area (Å²) in [6.07, 6.45) is 2.51. The van der Waals surface area contributed by atoms with Crippen molar-refractivity contribution in [3.63, 3.8) is 0 Å². The van der Waals surface area contributed by atoms with E-state index in [2.05, 4.69) is 21.0 Å². The van der Waals surface area contributed by atoms with Gasteiger partial charge in [0.2, 0.25) is 10.0 Å². The summed E-state index contributed by atoms with van der Waals surface area (Å²) in [6, 6.07) is 8.24. The Morgan fingerprint density at radius 1 is 1.13 bits per heavy atom. The molecule has 0 spiro atoms. The normalized spacial score (nSPS) is 14.4. The predicted octanol–water partition coefficient (Wildman–Crippen LogP) is 5.74. The van der Waals surface area contributed by atoms with Crippen molar-refractivity contribution in [2.75, 3.05) is 0 Å². The molecule has 0 saturated heterocycles. The molecule has 3 heterocycles. The van der Waals surface area contributed by atoms with Crippen LogP contribution in [-0.4, -0.2) is 35.6 Å². The predicted molar refractivity (Wildman–Crippen MR) is 138 cm³/mol. The maximum Gasteiger partial charge on any atom is 0.404 e. The zero-order valence-corrected chi connectivity index (χ0v) is 22.2. The fourth-order valence-corrected chi connectivity index (χ4v) is 5.14. The summed E-state index contributed by atoms with van der Waals surface area (Å²) in [4.78, 5) is 12.5. The minimum Gasteiger partial charge on any atom is -0.264 e. The van der Waals surface area contributed by atoms with Crippen LogP contribution in [0.15, 0.2) is 60.0 Å². The van der Waals surface area contributed by atoms with Crippen molar-refractivity contribution in [3.8, 4) is 6.07 Å². The summed E-state index contributed by atoms with van der Waals surface area (Å²) >= 11 is 0. The summed E-state index contributed by atoms with van der Waals surface area (Å²) in [5, 5.41) is 10.3. The number of nitriles is 1. The van der Waals surface area contributed by atoms with Crippen LogP contribution in [0.1, 0.15) is 60.7 Å². The Hall–Kier alpha value is -3.62. The van der Waals surface area contributed by atoms with Crippen LogP contribution in [-0.2, 0) is 10.0 Å². The number of sulfonamides is 1. The van der Waals surface area contributed by atoms with Gasteiger partial charge in [-0.2, -0.15) is 23.2 Å². The number of aromatic nitrogens is 3. The van der Waals surface area contributed by atoms with E-state index in [4.69, 9.17) is 0 Å². The van der Waals surface area contributed by atoms with Crippen molar-refractivity contribution in [1.29, 1.82) is 5.26 Å². The van der Waals surface area contributed by atoms with E-state index in [9.17, 15) is 26.9 Å². The molecular formula is C27H28F3N5O2S. The first kappa shape index (κ1) is 28.9. The number of hydrogen-bond acceptors (Lipinski definition) is 6. The van der Waals surface area contributed by atoms with E-state index in [0.29, 0.717) is 34.5 Å². The highest BCUT2D eigenvalue weighted by Crippen LogP contribution is 2.36. The fraction of sp³-hybridized carbons (Fsp3) is 0.333. The number of halogens is 3. The van der Waals surface area contributed by atoms with Crippen molar-refractivity contribution in [1.82, 2.24) is 19.7 Å². The number of alkyl halides is 3. The highest BCUT2D eigenvalue weighted by atomic mass is 32.2. The second-order valence-corrected chi connectivity index (χ2v) is 10.7. The van der Waals surface area contributed by atoms with Gasteiger partial charge in [-0.15, -0.1) is 0 Å². The maximum atomic E-state index is 12.9. The van der Waals surface area contributed by atoms with Crippen molar-refractivity contribution in [2.24, 2.45) is 0 Å². The number of allylic oxidation sites excluding steroid dienone is 2. The molecule has 0 radical (unpaired) electrons. The lowest BCUT2D eigenvalue weighted by Gasteiger charge is -2.20. The summed E-state index contributed by atoms with van der Waals surface area (Å²) in [7, 11) is -4.48. The number of pyridine rings is 3. The molecule has 3 aromatic rings. The van der Waals surface area contributed by atoms with Crippen LogP contribution in [0.4, 0.5) is 13.2 Å². The van der Waals surface area contributed by atoms with Gasteiger partial charge in [0.15, 0.2) is 0 Å². The topological polar surface area (TPSA) is 109 Å². The van der Waals surface area contributed by atoms with Gasteiger partial charge in [-0.3, -0.25) is 15.0 Å². The maximum absolute atomic E-state index is 12.9. The molecule has 11 heteroatoms. The van der Waals surface area contributed by atoms with Crippen molar-refractivity contribution >= 4 is 21.2 Å². The van der Waals surface area contributed by atoms with E-state index in [1.165, 1.54) is 12.1 Å². The summed E-state index contributed by atoms with van der Waals surface area (Å²) in [6.45, 7) is 6.39. The van der Waals surface area contributed by atoms with Crippen LogP contribution in [0.5, 0.6) is 0 Å². The molecule has 0 aliphatic carbocycles. The Labute approximate surface area is 220 Å². The van der Waals surface area contributed by atoms with Crippen LogP contribution in [0.3, 0.4) is 0 Å². The zero-order valence-electron chi connectivity index (χ0n) is 21.4. The summed E-state index contributed by atoms with van der Waals surface area (Å²) in [5.41, 5.74) is 4.34. The quantitative estimate of drug-likeness (QED) is 0.345. The smallest absolute Gasteiger partial charge is 0.264 e. The van der Waals surface area contributed by atoms with E-state index in [-0.39, 0.29) is 5.92 Å². The number of hydrogen-bond donors (Lipinski definition) is 1. The van der Waals surface area contributed by atoms with E-state index in [0.717, 1.165) is 30.7 Å². The molecule has 7 nitrogen and oxygen atoms in total. The molecule has 2 atom stereocenters. The van der Waals surface area contributed by atoms with Gasteiger partial charge in [-0.05, 0) is 80.5 Å². The fourth-order valence-electron chi connectivity index (χ4n) is 3.96. The Kier molecular flexibility index (Phi) is 9.01. The molecule has 3 aromatic heterocycles. The first-order valence-electron chi connectivity index (χ1n) is 11.9. The number of aryl methyl sites for hydroxylation is 2. The Bertz CT molecular complexity index is 1450. The monoisotopic (exact) mass is 543 g/mol. The van der Waals surface area contributed by atoms with E-state index < -0.39 is 27.1 Å². The first-order valence-corrected chi connectivity index (χ1v) is 13.4. The van der Waals surface area contributed by atoms with Gasteiger partial charge in [0, 0.05) is 36.0 Å². The molecule has 0 aliphatic rings. The lowest BCUT2D eigenvalue weighted by molar-refractivity contribution is -0.147. The van der Waals surface area contributed by atoms with Crippen molar-refractivity contribution in [2.45, 2.75) is 63.6 Å². The summed E-state index contributed by atoms with van der Waals surface area (Å²) < 4.78 is 65.5. The van der Waals surface area contributed by atoms with Crippen LogP contribution in [0.25, 0.3) is 11.1 Å². The highest BCUT2D eigenvalue weighted by Gasteiger charge is 2.39. The molecule has 2 unspecified atom stereocenters. The molecule has 0 bridgehead atoms. The zero-order chi connectivity index (χ0) is 28.1. The minimum atomic E-state index is -4.74. The highest BCUT2D eigenvalue weighted by molar-refractivity contribution is 7.89. The lowest BCUT2D eigenvalue weighted by atomic mass is 9.85. The SMILES string of the molecule is CCC(CC(=C(C#N)c1cc(C)cnc1C)c1ccc(S(=O)(=O)NC(C)C(F)(F)F)cn1)c1cccnc1. The Morgan fingerprint density at radius 3 is 2.42 bits per heavy atom. The standard InChI is InChI=1S/C27H28F3N5O2S/c1-5-20(21-7-6-10-32-15-21)12-24(25(13-31)23-11-17(2)14-33-18(23)3)26-9-8-22(16-34-26)38(36,37)35-19(4)27(28,29)30/h6-11,14-16,19-20,35H,5,12H2,1-4H3. The molecule has 0 aromatic carbocycles. The third kappa shape index (κ3) is 6.82. The van der Waals surface area contributed by atoms with E-state index >= 15 is 0 Å². The van der Waals surface area contributed by atoms with Gasteiger partial charge in [-0.25, -0.2) is 8.42 Å². The molecular weight excluding hydrogens is 515 g/mol. The second kappa shape index (κ2) is 11.8. The van der Waals surface area contributed by atoms with Crippen molar-refractivity contribution < 1.29 is 21.6 Å². The number of nitrogens with zero attached hydrogens (tertiary/aromatic N) is 4. The largest absolute Gasteiger partial charge is 0.404 e. The van der Waals surface area contributed by atoms with Crippen LogP contribution in [0, 0.1) is 25.2 Å². The third-order valence-electron chi connectivity index (χ3n) is 6.18. The Morgan fingerprint density at radius 2 is 1.87 bits per heavy atom. The van der Waals surface area contributed by atoms with Gasteiger partial charge >= 0.3 is 6.18 Å². The number of nitrogens with one attached hydrogen (secondary N) is 1. The average Bonchev–Trinajstić information content (AvgIpc) is 2.88. The summed E-state index contributed by atoms with van der Waals surface area (Å²) in [5.74, 6) is -0.0281. The van der Waals surface area contributed by atoms with Gasteiger partial charge in [0.05, 0.1) is 11.3 Å². The molecule has 0 fully saturated rings. The van der Waals surface area contributed by atoms with E-state index in [1.54, 1.807) is 30.2 Å². The molecule has 38 heavy (non-hydrogen) atoms. The Balaban J connectivity index is 2.13. The van der Waals surface area contributed by atoms with Crippen LogP contribution >= 0.6 is 0 Å². The second-order valence-electron chi connectivity index (χ2n) is 8.97.